The van der Waals surface area contributed by atoms with Crippen molar-refractivity contribution in [2.45, 2.75) is 40.0 Å². The number of amides is 1. The number of nitrogens with zero attached hydrogens (tertiary/aromatic N) is 2. The number of aromatic nitrogens is 2. The molecule has 1 amide bonds. The summed E-state index contributed by atoms with van der Waals surface area (Å²) in [5, 5.41) is 7.72. The number of aryl methyl sites for hydroxylation is 2. The van der Waals surface area contributed by atoms with Crippen LogP contribution in [0, 0.1) is 13.8 Å². The lowest BCUT2D eigenvalue weighted by Gasteiger charge is -2.14. The zero-order chi connectivity index (χ0) is 19.8. The van der Waals surface area contributed by atoms with Crippen LogP contribution in [0.15, 0.2) is 48.5 Å². The molecule has 0 spiro atoms. The lowest BCUT2D eigenvalue weighted by atomic mass is 9.92. The quantitative estimate of drug-likeness (QED) is 0.668. The van der Waals surface area contributed by atoms with Gasteiger partial charge in [-0.1, -0.05) is 44.5 Å². The van der Waals surface area contributed by atoms with Gasteiger partial charge in [-0.05, 0) is 43.7 Å². The van der Waals surface area contributed by atoms with Crippen LogP contribution < -0.4 is 11.1 Å². The number of carbonyl (C=O) groups is 1. The topological polar surface area (TPSA) is 72.9 Å². The van der Waals surface area contributed by atoms with E-state index in [2.05, 4.69) is 26.1 Å². The fourth-order valence-corrected chi connectivity index (χ4v) is 2.69. The molecule has 0 aliphatic heterocycles. The average molecular weight is 362 g/mol. The van der Waals surface area contributed by atoms with E-state index in [1.165, 1.54) is 5.56 Å². The summed E-state index contributed by atoms with van der Waals surface area (Å²) in [7, 11) is 0. The van der Waals surface area contributed by atoms with Gasteiger partial charge in [0.2, 0.25) is 0 Å². The van der Waals surface area contributed by atoms with Crippen LogP contribution >= 0.6 is 0 Å². The second-order valence-electron chi connectivity index (χ2n) is 7.94. The van der Waals surface area contributed by atoms with Crippen LogP contribution in [0.3, 0.4) is 0 Å². The van der Waals surface area contributed by atoms with E-state index in [1.807, 2.05) is 50.2 Å². The number of hydrogen-bond acceptors (Lipinski definition) is 3. The molecule has 0 bridgehead atoms. The predicted octanol–water partition coefficient (Wildman–Crippen LogP) is 4.62. The molecule has 3 N–H and O–H groups in total. The van der Waals surface area contributed by atoms with Gasteiger partial charge < -0.3 is 11.1 Å². The highest BCUT2D eigenvalue weighted by Crippen LogP contribution is 2.27. The third-order valence-electron chi connectivity index (χ3n) is 4.54. The molecule has 3 rings (SSSR count). The Bertz CT molecular complexity index is 979. The van der Waals surface area contributed by atoms with Gasteiger partial charge in [0, 0.05) is 22.7 Å². The molecule has 0 aliphatic rings. The van der Waals surface area contributed by atoms with E-state index in [0.717, 1.165) is 16.9 Å². The van der Waals surface area contributed by atoms with E-state index >= 15 is 0 Å². The maximum absolute atomic E-state index is 12.8. The summed E-state index contributed by atoms with van der Waals surface area (Å²) in [6, 6.07) is 15.3. The van der Waals surface area contributed by atoms with Crippen LogP contribution in [-0.4, -0.2) is 15.7 Å². The van der Waals surface area contributed by atoms with E-state index < -0.39 is 0 Å². The summed E-state index contributed by atoms with van der Waals surface area (Å²) in [4.78, 5) is 12.8. The second-order valence-corrected chi connectivity index (χ2v) is 7.94. The van der Waals surface area contributed by atoms with Crippen molar-refractivity contribution in [2.75, 3.05) is 11.1 Å². The smallest absolute Gasteiger partial charge is 0.256 e. The maximum atomic E-state index is 12.8. The van der Waals surface area contributed by atoms with Crippen molar-refractivity contribution in [3.63, 3.8) is 0 Å². The van der Waals surface area contributed by atoms with Gasteiger partial charge in [-0.25, -0.2) is 4.68 Å². The standard InChI is InChI=1S/C22H26N4O/c1-14-6-10-17(11-7-14)26-20(13-19(25-26)22(3,4)5)24-21(27)16-9-8-15(2)18(23)12-16/h6-13H,23H2,1-5H3,(H,24,27). The molecule has 1 heterocycles. The normalized spacial score (nSPS) is 11.4. The monoisotopic (exact) mass is 362 g/mol. The predicted molar refractivity (Wildman–Crippen MR) is 111 cm³/mol. The number of hydrogen-bond donors (Lipinski definition) is 2. The zero-order valence-electron chi connectivity index (χ0n) is 16.5. The molecule has 5 nitrogen and oxygen atoms in total. The molecular weight excluding hydrogens is 336 g/mol. The SMILES string of the molecule is Cc1ccc(-n2nc(C(C)(C)C)cc2NC(=O)c2ccc(C)c(N)c2)cc1. The second kappa shape index (κ2) is 6.91. The Labute approximate surface area is 160 Å². The Kier molecular flexibility index (Phi) is 4.79. The molecule has 0 saturated heterocycles. The summed E-state index contributed by atoms with van der Waals surface area (Å²) < 4.78 is 1.77. The summed E-state index contributed by atoms with van der Waals surface area (Å²) in [6.07, 6.45) is 0. The third-order valence-corrected chi connectivity index (χ3v) is 4.54. The first kappa shape index (κ1) is 18.7. The first-order chi connectivity index (χ1) is 12.6. The molecule has 1 aromatic heterocycles. The highest BCUT2D eigenvalue weighted by atomic mass is 16.1. The van der Waals surface area contributed by atoms with Crippen molar-refractivity contribution in [1.29, 1.82) is 0 Å². The lowest BCUT2D eigenvalue weighted by molar-refractivity contribution is 0.102. The molecule has 3 aromatic rings. The van der Waals surface area contributed by atoms with Crippen LogP contribution in [0.25, 0.3) is 5.69 Å². The maximum Gasteiger partial charge on any atom is 0.256 e. The number of nitrogens with two attached hydrogens (primary N) is 1. The number of nitrogen functional groups attached to an aromatic ring is 1. The molecule has 0 saturated carbocycles. The molecule has 0 atom stereocenters. The van der Waals surface area contributed by atoms with Crippen LogP contribution in [-0.2, 0) is 5.41 Å². The van der Waals surface area contributed by atoms with Gasteiger partial charge in [-0.3, -0.25) is 4.79 Å². The fourth-order valence-electron chi connectivity index (χ4n) is 2.69. The molecule has 0 unspecified atom stereocenters. The molecular formula is C22H26N4O. The van der Waals surface area contributed by atoms with Gasteiger partial charge in [-0.2, -0.15) is 5.10 Å². The fraction of sp³-hybridized carbons (Fsp3) is 0.273. The number of benzene rings is 2. The Morgan fingerprint density at radius 2 is 1.70 bits per heavy atom. The molecule has 2 aromatic carbocycles. The molecule has 5 heteroatoms. The van der Waals surface area contributed by atoms with E-state index in [1.54, 1.807) is 16.8 Å². The number of rotatable bonds is 3. The van der Waals surface area contributed by atoms with Gasteiger partial charge in [-0.15, -0.1) is 0 Å². The summed E-state index contributed by atoms with van der Waals surface area (Å²) in [6.45, 7) is 10.3. The Balaban J connectivity index is 2.00. The van der Waals surface area contributed by atoms with Crippen LogP contribution in [0.4, 0.5) is 11.5 Å². The number of nitrogens with one attached hydrogen (secondary N) is 1. The molecule has 27 heavy (non-hydrogen) atoms. The van der Waals surface area contributed by atoms with Crippen LogP contribution in [0.5, 0.6) is 0 Å². The van der Waals surface area contributed by atoms with Crippen LogP contribution in [0.1, 0.15) is 48.0 Å². The number of carbonyl (C=O) groups excluding carboxylic acids is 1. The van der Waals surface area contributed by atoms with Crippen molar-refractivity contribution < 1.29 is 4.79 Å². The Morgan fingerprint density at radius 3 is 2.30 bits per heavy atom. The molecule has 0 fully saturated rings. The minimum Gasteiger partial charge on any atom is -0.398 e. The van der Waals surface area contributed by atoms with E-state index in [0.29, 0.717) is 17.1 Å². The van der Waals surface area contributed by atoms with Crippen molar-refractivity contribution in [3.05, 3.63) is 70.9 Å². The van der Waals surface area contributed by atoms with Gasteiger partial charge in [0.05, 0.1) is 11.4 Å². The van der Waals surface area contributed by atoms with Crippen LogP contribution in [0.2, 0.25) is 0 Å². The first-order valence-corrected chi connectivity index (χ1v) is 9.00. The molecule has 0 aliphatic carbocycles. The van der Waals surface area contributed by atoms with Crippen molar-refractivity contribution in [1.82, 2.24) is 9.78 Å². The molecule has 0 radical (unpaired) electrons. The molecule has 140 valence electrons. The minimum atomic E-state index is -0.213. The third kappa shape index (κ3) is 4.03. The Hall–Kier alpha value is -3.08. The van der Waals surface area contributed by atoms with Crippen molar-refractivity contribution in [2.24, 2.45) is 0 Å². The highest BCUT2D eigenvalue weighted by Gasteiger charge is 2.22. The van der Waals surface area contributed by atoms with Gasteiger partial charge in [0.1, 0.15) is 5.82 Å². The summed E-state index contributed by atoms with van der Waals surface area (Å²) in [5.74, 6) is 0.420. The van der Waals surface area contributed by atoms with Crippen molar-refractivity contribution in [3.8, 4) is 5.69 Å². The van der Waals surface area contributed by atoms with E-state index in [4.69, 9.17) is 10.8 Å². The number of anilines is 2. The zero-order valence-corrected chi connectivity index (χ0v) is 16.5. The largest absolute Gasteiger partial charge is 0.398 e. The van der Waals surface area contributed by atoms with Gasteiger partial charge in [0.25, 0.3) is 5.91 Å². The average Bonchev–Trinajstić information content (AvgIpc) is 3.02. The van der Waals surface area contributed by atoms with Crippen molar-refractivity contribution >= 4 is 17.4 Å². The lowest BCUT2D eigenvalue weighted by Crippen LogP contribution is -2.15. The van der Waals surface area contributed by atoms with Gasteiger partial charge in [0.15, 0.2) is 0 Å². The van der Waals surface area contributed by atoms with Gasteiger partial charge >= 0.3 is 0 Å². The first-order valence-electron chi connectivity index (χ1n) is 9.00. The summed E-state index contributed by atoms with van der Waals surface area (Å²) >= 11 is 0. The minimum absolute atomic E-state index is 0.135. The highest BCUT2D eigenvalue weighted by molar-refractivity contribution is 6.04. The summed E-state index contributed by atoms with van der Waals surface area (Å²) in [5.41, 5.74) is 10.9. The van der Waals surface area contributed by atoms with E-state index in [9.17, 15) is 4.79 Å². The van der Waals surface area contributed by atoms with E-state index in [-0.39, 0.29) is 11.3 Å². The Morgan fingerprint density at radius 1 is 1.04 bits per heavy atom.